The zero-order valence-electron chi connectivity index (χ0n) is 13.1. The molecule has 4 nitrogen and oxygen atoms in total. The lowest BCUT2D eigenvalue weighted by atomic mass is 9.98. The van der Waals surface area contributed by atoms with E-state index in [4.69, 9.17) is 4.74 Å². The van der Waals surface area contributed by atoms with Crippen LogP contribution in [-0.4, -0.2) is 41.8 Å². The summed E-state index contributed by atoms with van der Waals surface area (Å²) in [6, 6.07) is 13.5. The average Bonchev–Trinajstić information content (AvgIpc) is 3.10. The smallest absolute Gasteiger partial charge is 0.264 e. The molecule has 1 aliphatic heterocycles. The first kappa shape index (κ1) is 16.2. The number of rotatable bonds is 4. The largest absolute Gasteiger partial charge is 0.394 e. The zero-order chi connectivity index (χ0) is 16.2. The minimum atomic E-state index is -0.388. The lowest BCUT2D eigenvalue weighted by Gasteiger charge is -2.40. The third kappa shape index (κ3) is 3.32. The highest BCUT2D eigenvalue weighted by atomic mass is 32.1. The zero-order valence-corrected chi connectivity index (χ0v) is 14.0. The molecule has 5 heteroatoms. The third-order valence-electron chi connectivity index (χ3n) is 4.15. The van der Waals surface area contributed by atoms with E-state index in [1.54, 1.807) is 11.3 Å². The van der Waals surface area contributed by atoms with Gasteiger partial charge in [0.05, 0.1) is 24.1 Å². The van der Waals surface area contributed by atoms with Gasteiger partial charge in [0.2, 0.25) is 0 Å². The van der Waals surface area contributed by atoms with Crippen LogP contribution >= 0.6 is 11.3 Å². The summed E-state index contributed by atoms with van der Waals surface area (Å²) >= 11 is 1.55. The standard InChI is InChI=1S/C18H21NO3S/c1-2-14-8-9-16(23-14)18(21)19-10-11-22-15(12-20)17(19)13-6-4-3-5-7-13/h3-9,15,17,20H,2,10-12H2,1H3/t15-,17-/m1/s1. The molecule has 23 heavy (non-hydrogen) atoms. The summed E-state index contributed by atoms with van der Waals surface area (Å²) in [5, 5.41) is 9.67. The van der Waals surface area contributed by atoms with E-state index in [0.717, 1.165) is 16.9 Å². The van der Waals surface area contributed by atoms with Crippen molar-refractivity contribution in [3.05, 3.63) is 57.8 Å². The molecule has 0 saturated carbocycles. The van der Waals surface area contributed by atoms with Crippen molar-refractivity contribution in [2.75, 3.05) is 19.8 Å². The summed E-state index contributed by atoms with van der Waals surface area (Å²) in [6.45, 7) is 2.97. The Balaban J connectivity index is 1.92. The Morgan fingerprint density at radius 3 is 2.74 bits per heavy atom. The number of amides is 1. The topological polar surface area (TPSA) is 49.8 Å². The van der Waals surface area contributed by atoms with Crippen molar-refractivity contribution in [1.82, 2.24) is 4.90 Å². The summed E-state index contributed by atoms with van der Waals surface area (Å²) in [5.41, 5.74) is 0.992. The van der Waals surface area contributed by atoms with Gasteiger partial charge in [0, 0.05) is 11.4 Å². The first-order valence-electron chi connectivity index (χ1n) is 7.91. The van der Waals surface area contributed by atoms with Gasteiger partial charge in [-0.1, -0.05) is 37.3 Å². The van der Waals surface area contributed by atoms with E-state index in [-0.39, 0.29) is 24.7 Å². The number of thiophene rings is 1. The second kappa shape index (κ2) is 7.25. The number of carbonyl (C=O) groups excluding carboxylic acids is 1. The van der Waals surface area contributed by atoms with E-state index in [2.05, 4.69) is 6.92 Å². The molecule has 0 bridgehead atoms. The molecule has 0 radical (unpaired) electrons. The summed E-state index contributed by atoms with van der Waals surface area (Å²) in [5.74, 6) is 0.0188. The molecule has 1 amide bonds. The lowest BCUT2D eigenvalue weighted by Crippen LogP contribution is -2.49. The molecule has 1 aromatic heterocycles. The Morgan fingerprint density at radius 2 is 2.09 bits per heavy atom. The first-order valence-corrected chi connectivity index (χ1v) is 8.73. The molecule has 2 aromatic rings. The maximum absolute atomic E-state index is 13.0. The van der Waals surface area contributed by atoms with Gasteiger partial charge in [0.25, 0.3) is 5.91 Å². The predicted octanol–water partition coefficient (Wildman–Crippen LogP) is 2.89. The number of aliphatic hydroxyl groups excluding tert-OH is 1. The van der Waals surface area contributed by atoms with Gasteiger partial charge in [0.1, 0.15) is 6.10 Å². The van der Waals surface area contributed by atoms with Crippen LogP contribution in [0.1, 0.15) is 33.1 Å². The van der Waals surface area contributed by atoms with Crippen molar-refractivity contribution in [2.24, 2.45) is 0 Å². The molecular weight excluding hydrogens is 310 g/mol. The molecule has 1 saturated heterocycles. The highest BCUT2D eigenvalue weighted by Crippen LogP contribution is 2.32. The summed E-state index contributed by atoms with van der Waals surface area (Å²) < 4.78 is 5.70. The quantitative estimate of drug-likeness (QED) is 0.937. The molecule has 2 atom stereocenters. The summed E-state index contributed by atoms with van der Waals surface area (Å²) in [4.78, 5) is 16.8. The highest BCUT2D eigenvalue weighted by molar-refractivity contribution is 7.14. The number of morpholine rings is 1. The number of benzene rings is 1. The Kier molecular flexibility index (Phi) is 5.10. The van der Waals surface area contributed by atoms with E-state index < -0.39 is 0 Å². The van der Waals surface area contributed by atoms with E-state index in [0.29, 0.717) is 13.2 Å². The molecule has 122 valence electrons. The molecule has 1 aromatic carbocycles. The normalized spacial score (nSPS) is 21.4. The first-order chi connectivity index (χ1) is 11.2. The van der Waals surface area contributed by atoms with Crippen molar-refractivity contribution in [2.45, 2.75) is 25.5 Å². The van der Waals surface area contributed by atoms with Crippen molar-refractivity contribution >= 4 is 17.2 Å². The van der Waals surface area contributed by atoms with Gasteiger partial charge in [-0.25, -0.2) is 0 Å². The number of hydrogen-bond acceptors (Lipinski definition) is 4. The van der Waals surface area contributed by atoms with Crippen molar-refractivity contribution in [3.8, 4) is 0 Å². The lowest BCUT2D eigenvalue weighted by molar-refractivity contribution is -0.0810. The molecule has 3 rings (SSSR count). The number of aliphatic hydroxyl groups is 1. The fourth-order valence-electron chi connectivity index (χ4n) is 2.98. The van der Waals surface area contributed by atoms with Gasteiger partial charge < -0.3 is 14.7 Å². The maximum atomic E-state index is 13.0. The van der Waals surface area contributed by atoms with Crippen LogP contribution < -0.4 is 0 Å². The Hall–Kier alpha value is -1.69. The van der Waals surface area contributed by atoms with Gasteiger partial charge in [-0.3, -0.25) is 4.79 Å². The van der Waals surface area contributed by atoms with Crippen LogP contribution in [0.5, 0.6) is 0 Å². The van der Waals surface area contributed by atoms with Crippen LogP contribution in [0.25, 0.3) is 0 Å². The minimum absolute atomic E-state index is 0.0188. The van der Waals surface area contributed by atoms with Crippen molar-refractivity contribution in [1.29, 1.82) is 0 Å². The van der Waals surface area contributed by atoms with Crippen LogP contribution in [0, 0.1) is 0 Å². The fourth-order valence-corrected chi connectivity index (χ4v) is 3.89. The number of ether oxygens (including phenoxy) is 1. The number of hydrogen-bond donors (Lipinski definition) is 1. The molecular formula is C18H21NO3S. The molecule has 2 heterocycles. The minimum Gasteiger partial charge on any atom is -0.394 e. The van der Waals surface area contributed by atoms with Crippen LogP contribution in [-0.2, 0) is 11.2 Å². The van der Waals surface area contributed by atoms with Gasteiger partial charge in [-0.15, -0.1) is 11.3 Å². The Labute approximate surface area is 140 Å². The Bertz CT molecular complexity index is 655. The molecule has 0 spiro atoms. The predicted molar refractivity (Wildman–Crippen MR) is 90.7 cm³/mol. The van der Waals surface area contributed by atoms with Crippen LogP contribution in [0.2, 0.25) is 0 Å². The Morgan fingerprint density at radius 1 is 1.30 bits per heavy atom. The molecule has 1 aliphatic rings. The second-order valence-corrected chi connectivity index (χ2v) is 6.73. The van der Waals surface area contributed by atoms with Gasteiger partial charge in [-0.2, -0.15) is 0 Å². The van der Waals surface area contributed by atoms with E-state index >= 15 is 0 Å². The van der Waals surface area contributed by atoms with Crippen LogP contribution in [0.4, 0.5) is 0 Å². The van der Waals surface area contributed by atoms with E-state index in [1.165, 1.54) is 4.88 Å². The van der Waals surface area contributed by atoms with Gasteiger partial charge >= 0.3 is 0 Å². The molecule has 0 aliphatic carbocycles. The van der Waals surface area contributed by atoms with Gasteiger partial charge in [0.15, 0.2) is 0 Å². The highest BCUT2D eigenvalue weighted by Gasteiger charge is 2.36. The number of carbonyl (C=O) groups is 1. The SMILES string of the molecule is CCc1ccc(C(=O)N2CCO[C@H](CO)[C@H]2c2ccccc2)s1. The second-order valence-electron chi connectivity index (χ2n) is 5.57. The monoisotopic (exact) mass is 331 g/mol. The van der Waals surface area contributed by atoms with Crippen LogP contribution in [0.3, 0.4) is 0 Å². The van der Waals surface area contributed by atoms with Gasteiger partial charge in [-0.05, 0) is 24.1 Å². The number of nitrogens with zero attached hydrogens (tertiary/aromatic N) is 1. The van der Waals surface area contributed by atoms with Crippen molar-refractivity contribution in [3.63, 3.8) is 0 Å². The maximum Gasteiger partial charge on any atom is 0.264 e. The average molecular weight is 331 g/mol. The fraction of sp³-hybridized carbons (Fsp3) is 0.389. The summed E-state index contributed by atoms with van der Waals surface area (Å²) in [7, 11) is 0. The summed E-state index contributed by atoms with van der Waals surface area (Å²) in [6.07, 6.45) is 0.545. The third-order valence-corrected chi connectivity index (χ3v) is 5.37. The molecule has 0 unspecified atom stereocenters. The van der Waals surface area contributed by atoms with E-state index in [1.807, 2.05) is 47.4 Å². The van der Waals surface area contributed by atoms with E-state index in [9.17, 15) is 9.90 Å². The van der Waals surface area contributed by atoms with Crippen molar-refractivity contribution < 1.29 is 14.6 Å². The molecule has 1 fully saturated rings. The number of aryl methyl sites for hydroxylation is 1. The van der Waals surface area contributed by atoms with Crippen LogP contribution in [0.15, 0.2) is 42.5 Å². The molecule has 1 N–H and O–H groups in total.